The van der Waals surface area contributed by atoms with Crippen LogP contribution in [0, 0.1) is 5.92 Å². The quantitative estimate of drug-likeness (QED) is 0.692. The summed E-state index contributed by atoms with van der Waals surface area (Å²) < 4.78 is 0. The average Bonchev–Trinajstić information content (AvgIpc) is 2.32. The summed E-state index contributed by atoms with van der Waals surface area (Å²) in [5, 5.41) is 12.2. The molecule has 2 rings (SSSR count). The van der Waals surface area contributed by atoms with E-state index in [1.807, 2.05) is 0 Å². The van der Waals surface area contributed by atoms with E-state index in [0.29, 0.717) is 19.0 Å². The molecular formula is C13H23N3O3. The molecule has 2 aliphatic heterocycles. The van der Waals surface area contributed by atoms with Crippen molar-refractivity contribution in [2.24, 2.45) is 5.92 Å². The highest BCUT2D eigenvalue weighted by Gasteiger charge is 2.44. The minimum Gasteiger partial charge on any atom is -0.391 e. The third-order valence-corrected chi connectivity index (χ3v) is 3.72. The molecule has 0 radical (unpaired) electrons. The van der Waals surface area contributed by atoms with Crippen LogP contribution in [0.15, 0.2) is 0 Å². The number of nitrogens with zero attached hydrogens (tertiary/aromatic N) is 2. The van der Waals surface area contributed by atoms with E-state index in [9.17, 15) is 14.7 Å². The number of carbonyl (C=O) groups is 2. The van der Waals surface area contributed by atoms with E-state index in [0.717, 1.165) is 13.1 Å². The topological polar surface area (TPSA) is 72.9 Å². The lowest BCUT2D eigenvalue weighted by Gasteiger charge is -2.46. The molecule has 0 aromatic heterocycles. The molecule has 2 fully saturated rings. The summed E-state index contributed by atoms with van der Waals surface area (Å²) in [5.74, 6) is 0.224. The summed E-state index contributed by atoms with van der Waals surface area (Å²) in [6, 6.07) is -1.20. The first-order chi connectivity index (χ1) is 8.90. The maximum atomic E-state index is 12.2. The van der Waals surface area contributed by atoms with Gasteiger partial charge in [0.15, 0.2) is 0 Å². The van der Waals surface area contributed by atoms with Gasteiger partial charge in [0, 0.05) is 26.2 Å². The molecule has 2 amide bonds. The summed E-state index contributed by atoms with van der Waals surface area (Å²) in [6.07, 6.45) is -0.855. The van der Waals surface area contributed by atoms with E-state index in [-0.39, 0.29) is 11.8 Å². The Morgan fingerprint density at radius 2 is 2.00 bits per heavy atom. The fourth-order valence-electron chi connectivity index (χ4n) is 2.83. The van der Waals surface area contributed by atoms with Crippen molar-refractivity contribution in [3.8, 4) is 0 Å². The molecule has 0 saturated carbocycles. The molecule has 3 atom stereocenters. The Kier molecular flexibility index (Phi) is 4.10. The van der Waals surface area contributed by atoms with E-state index in [2.05, 4.69) is 24.1 Å². The lowest BCUT2D eigenvalue weighted by atomic mass is 10.0. The zero-order valence-corrected chi connectivity index (χ0v) is 11.8. The molecule has 2 aliphatic rings. The van der Waals surface area contributed by atoms with E-state index in [1.165, 1.54) is 6.92 Å². The molecule has 6 nitrogen and oxygen atoms in total. The molecule has 0 unspecified atom stereocenters. The van der Waals surface area contributed by atoms with Gasteiger partial charge in [-0.3, -0.25) is 14.5 Å². The number of rotatable bonds is 3. The molecule has 2 saturated heterocycles. The van der Waals surface area contributed by atoms with Gasteiger partial charge in [-0.2, -0.15) is 0 Å². The van der Waals surface area contributed by atoms with Gasteiger partial charge < -0.3 is 15.3 Å². The normalized spacial score (nSPS) is 30.3. The molecule has 0 bridgehead atoms. The summed E-state index contributed by atoms with van der Waals surface area (Å²) in [7, 11) is 0. The smallest absolute Gasteiger partial charge is 0.248 e. The Morgan fingerprint density at radius 1 is 1.32 bits per heavy atom. The van der Waals surface area contributed by atoms with Crippen LogP contribution >= 0.6 is 0 Å². The highest BCUT2D eigenvalue weighted by atomic mass is 16.3. The number of hydrogen-bond donors (Lipinski definition) is 2. The molecule has 0 aromatic carbocycles. The highest BCUT2D eigenvalue weighted by Crippen LogP contribution is 2.18. The first-order valence-electron chi connectivity index (χ1n) is 6.91. The SMILES string of the molecule is CC(C)CN1CCN2C(=O)[C@@H]([C@H](C)O)NC(=O)[C@H]2C1. The van der Waals surface area contributed by atoms with Gasteiger partial charge in [-0.15, -0.1) is 0 Å². The van der Waals surface area contributed by atoms with Crippen molar-refractivity contribution in [3.05, 3.63) is 0 Å². The number of carbonyl (C=O) groups excluding carboxylic acids is 2. The minimum atomic E-state index is -0.855. The van der Waals surface area contributed by atoms with Gasteiger partial charge >= 0.3 is 0 Å². The van der Waals surface area contributed by atoms with Gasteiger partial charge in [0.05, 0.1) is 6.10 Å². The van der Waals surface area contributed by atoms with E-state index in [1.54, 1.807) is 4.90 Å². The molecule has 0 spiro atoms. The van der Waals surface area contributed by atoms with Gasteiger partial charge in [-0.05, 0) is 12.8 Å². The van der Waals surface area contributed by atoms with Crippen LogP contribution < -0.4 is 5.32 Å². The Labute approximate surface area is 113 Å². The van der Waals surface area contributed by atoms with Crippen molar-refractivity contribution in [2.45, 2.75) is 39.0 Å². The van der Waals surface area contributed by atoms with Crippen molar-refractivity contribution >= 4 is 11.8 Å². The lowest BCUT2D eigenvalue weighted by Crippen LogP contribution is -2.71. The Morgan fingerprint density at radius 3 is 2.58 bits per heavy atom. The summed E-state index contributed by atoms with van der Waals surface area (Å²) in [6.45, 7) is 8.68. The van der Waals surface area contributed by atoms with Crippen molar-refractivity contribution in [1.29, 1.82) is 0 Å². The van der Waals surface area contributed by atoms with Crippen LogP contribution in [0.2, 0.25) is 0 Å². The van der Waals surface area contributed by atoms with Gasteiger partial charge in [-0.1, -0.05) is 13.8 Å². The van der Waals surface area contributed by atoms with Crippen LogP contribution in [-0.2, 0) is 9.59 Å². The Balaban J connectivity index is 2.07. The van der Waals surface area contributed by atoms with Gasteiger partial charge in [0.1, 0.15) is 12.1 Å². The minimum absolute atomic E-state index is 0.154. The second kappa shape index (κ2) is 5.46. The predicted octanol–water partition coefficient (Wildman–Crippen LogP) is -0.966. The number of aliphatic hydroxyl groups is 1. The van der Waals surface area contributed by atoms with Crippen LogP contribution in [0.5, 0.6) is 0 Å². The van der Waals surface area contributed by atoms with Crippen LogP contribution in [0.1, 0.15) is 20.8 Å². The lowest BCUT2D eigenvalue weighted by molar-refractivity contribution is -0.155. The number of hydrogen-bond acceptors (Lipinski definition) is 4. The largest absolute Gasteiger partial charge is 0.391 e. The van der Waals surface area contributed by atoms with E-state index in [4.69, 9.17) is 0 Å². The maximum absolute atomic E-state index is 12.2. The zero-order chi connectivity index (χ0) is 14.2. The third-order valence-electron chi connectivity index (χ3n) is 3.72. The highest BCUT2D eigenvalue weighted by molar-refractivity contribution is 5.97. The van der Waals surface area contributed by atoms with Crippen LogP contribution in [-0.4, -0.2) is 71.1 Å². The van der Waals surface area contributed by atoms with Crippen LogP contribution in [0.25, 0.3) is 0 Å². The molecule has 19 heavy (non-hydrogen) atoms. The standard InChI is InChI=1S/C13H23N3O3/c1-8(2)6-15-4-5-16-10(7-15)12(18)14-11(9(3)17)13(16)19/h8-11,17H,4-7H2,1-3H3,(H,14,18)/t9-,10+,11+/m0/s1. The number of amides is 2. The van der Waals surface area contributed by atoms with E-state index >= 15 is 0 Å². The molecule has 2 N–H and O–H groups in total. The summed E-state index contributed by atoms with van der Waals surface area (Å²) in [5.41, 5.74) is 0. The average molecular weight is 269 g/mol. The second-order valence-corrected chi connectivity index (χ2v) is 5.93. The number of aliphatic hydroxyl groups excluding tert-OH is 1. The Hall–Kier alpha value is -1.14. The fourth-order valence-corrected chi connectivity index (χ4v) is 2.83. The van der Waals surface area contributed by atoms with Crippen molar-refractivity contribution in [1.82, 2.24) is 15.1 Å². The molecule has 0 aliphatic carbocycles. The van der Waals surface area contributed by atoms with Gasteiger partial charge in [0.25, 0.3) is 0 Å². The molecule has 2 heterocycles. The maximum Gasteiger partial charge on any atom is 0.248 e. The van der Waals surface area contributed by atoms with Gasteiger partial charge in [0.2, 0.25) is 11.8 Å². The van der Waals surface area contributed by atoms with Crippen molar-refractivity contribution < 1.29 is 14.7 Å². The summed E-state index contributed by atoms with van der Waals surface area (Å²) >= 11 is 0. The number of nitrogens with one attached hydrogen (secondary N) is 1. The first kappa shape index (κ1) is 14.3. The van der Waals surface area contributed by atoms with Crippen LogP contribution in [0.4, 0.5) is 0 Å². The second-order valence-electron chi connectivity index (χ2n) is 5.93. The van der Waals surface area contributed by atoms with Crippen molar-refractivity contribution in [2.75, 3.05) is 26.2 Å². The molecule has 6 heteroatoms. The first-order valence-corrected chi connectivity index (χ1v) is 6.91. The summed E-state index contributed by atoms with van der Waals surface area (Å²) in [4.78, 5) is 28.1. The Bertz CT molecular complexity index is 370. The predicted molar refractivity (Wildman–Crippen MR) is 70.4 cm³/mol. The van der Waals surface area contributed by atoms with Gasteiger partial charge in [-0.25, -0.2) is 0 Å². The molecular weight excluding hydrogens is 246 g/mol. The van der Waals surface area contributed by atoms with E-state index < -0.39 is 18.2 Å². The molecule has 0 aromatic rings. The monoisotopic (exact) mass is 269 g/mol. The van der Waals surface area contributed by atoms with Crippen LogP contribution in [0.3, 0.4) is 0 Å². The molecule has 108 valence electrons. The number of piperazine rings is 2. The number of fused-ring (bicyclic) bond motifs is 1. The van der Waals surface area contributed by atoms with Crippen molar-refractivity contribution in [3.63, 3.8) is 0 Å². The zero-order valence-electron chi connectivity index (χ0n) is 11.8. The fraction of sp³-hybridized carbons (Fsp3) is 0.846. The third kappa shape index (κ3) is 2.90.